The Kier molecular flexibility index (Phi) is 14.6. The second kappa shape index (κ2) is 16.4. The van der Waals surface area contributed by atoms with Crippen molar-refractivity contribution in [3.05, 3.63) is 18.7 Å². The predicted molar refractivity (Wildman–Crippen MR) is 112 cm³/mol. The lowest BCUT2D eigenvalue weighted by molar-refractivity contribution is 0.0962. The second-order valence-electron chi connectivity index (χ2n) is 7.96. The zero-order valence-electron chi connectivity index (χ0n) is 17.5. The fourth-order valence-corrected chi connectivity index (χ4v) is 3.87. The number of unbranched alkanes of at least 4 members (excludes halogenated alkanes) is 12. The number of hydrogen-bond donors (Lipinski definition) is 1. The molecule has 0 saturated carbocycles. The summed E-state index contributed by atoms with van der Waals surface area (Å²) in [5.41, 5.74) is 0. The summed E-state index contributed by atoms with van der Waals surface area (Å²) in [7, 11) is 0. The normalized spacial score (nSPS) is 13.8. The molecule has 0 bridgehead atoms. The summed E-state index contributed by atoms with van der Waals surface area (Å²) in [6, 6.07) is 0.199. The van der Waals surface area contributed by atoms with Crippen LogP contribution in [0.4, 0.5) is 0 Å². The van der Waals surface area contributed by atoms with E-state index in [1.165, 1.54) is 83.5 Å². The molecule has 152 valence electrons. The first kappa shape index (κ1) is 23.2. The molecule has 0 amide bonds. The van der Waals surface area contributed by atoms with Crippen LogP contribution >= 0.6 is 0 Å². The van der Waals surface area contributed by atoms with E-state index in [9.17, 15) is 5.11 Å². The van der Waals surface area contributed by atoms with E-state index in [0.29, 0.717) is 0 Å². The van der Waals surface area contributed by atoms with Gasteiger partial charge in [0.15, 0.2) is 0 Å². The molecule has 1 heterocycles. The van der Waals surface area contributed by atoms with Crippen molar-refractivity contribution < 1.29 is 5.11 Å². The molecule has 1 N–H and O–H groups in total. The highest BCUT2D eigenvalue weighted by Crippen LogP contribution is 2.23. The molecule has 2 unspecified atom stereocenters. The van der Waals surface area contributed by atoms with E-state index in [1.807, 2.05) is 18.7 Å². The fourth-order valence-electron chi connectivity index (χ4n) is 3.87. The van der Waals surface area contributed by atoms with Crippen LogP contribution in [0, 0.1) is 0 Å². The number of aliphatic hydroxyl groups is 1. The largest absolute Gasteiger partial charge is 0.391 e. The summed E-state index contributed by atoms with van der Waals surface area (Å²) in [6.07, 6.45) is 26.4. The van der Waals surface area contributed by atoms with Crippen LogP contribution in [-0.2, 0) is 0 Å². The van der Waals surface area contributed by atoms with Gasteiger partial charge in [-0.15, -0.1) is 0 Å². The fraction of sp³-hybridized carbons (Fsp3) is 0.870. The predicted octanol–water partition coefficient (Wildman–Crippen LogP) is 7.07. The molecule has 2 atom stereocenters. The minimum absolute atomic E-state index is 0.199. The Morgan fingerprint density at radius 1 is 0.731 bits per heavy atom. The molecule has 0 saturated heterocycles. The van der Waals surface area contributed by atoms with Crippen molar-refractivity contribution in [1.82, 2.24) is 9.55 Å². The van der Waals surface area contributed by atoms with Crippen LogP contribution in [0.5, 0.6) is 0 Å². The third-order valence-electron chi connectivity index (χ3n) is 5.54. The van der Waals surface area contributed by atoms with Gasteiger partial charge in [-0.1, -0.05) is 104 Å². The van der Waals surface area contributed by atoms with Crippen LogP contribution in [0.3, 0.4) is 0 Å². The number of aromatic nitrogens is 2. The van der Waals surface area contributed by atoms with Gasteiger partial charge < -0.3 is 9.67 Å². The van der Waals surface area contributed by atoms with Crippen molar-refractivity contribution >= 4 is 0 Å². The Bertz CT molecular complexity index is 391. The van der Waals surface area contributed by atoms with Crippen LogP contribution in [0.2, 0.25) is 0 Å². The Hall–Kier alpha value is -0.830. The summed E-state index contributed by atoms with van der Waals surface area (Å²) in [5, 5.41) is 10.4. The topological polar surface area (TPSA) is 38.0 Å². The molecular weight excluding hydrogens is 320 g/mol. The second-order valence-corrected chi connectivity index (χ2v) is 7.96. The van der Waals surface area contributed by atoms with Gasteiger partial charge in [0, 0.05) is 12.4 Å². The quantitative estimate of drug-likeness (QED) is 0.283. The van der Waals surface area contributed by atoms with Gasteiger partial charge >= 0.3 is 0 Å². The molecule has 0 aromatic carbocycles. The maximum absolute atomic E-state index is 10.4. The molecule has 26 heavy (non-hydrogen) atoms. The van der Waals surface area contributed by atoms with Crippen LogP contribution in [0.25, 0.3) is 0 Å². The van der Waals surface area contributed by atoms with Gasteiger partial charge in [-0.25, -0.2) is 4.98 Å². The summed E-state index contributed by atoms with van der Waals surface area (Å²) in [4.78, 5) is 4.15. The van der Waals surface area contributed by atoms with Gasteiger partial charge in [0.25, 0.3) is 0 Å². The first-order valence-corrected chi connectivity index (χ1v) is 11.4. The maximum atomic E-state index is 10.4. The van der Waals surface area contributed by atoms with E-state index in [-0.39, 0.29) is 12.1 Å². The van der Waals surface area contributed by atoms with E-state index < -0.39 is 0 Å². The van der Waals surface area contributed by atoms with Crippen molar-refractivity contribution in [2.75, 3.05) is 0 Å². The first-order chi connectivity index (χ1) is 12.8. The van der Waals surface area contributed by atoms with Gasteiger partial charge in [-0.3, -0.25) is 0 Å². The Morgan fingerprint density at radius 2 is 1.27 bits per heavy atom. The minimum Gasteiger partial charge on any atom is -0.391 e. The number of aliphatic hydroxyl groups excluding tert-OH is 1. The number of hydrogen-bond acceptors (Lipinski definition) is 2. The number of nitrogens with zero attached hydrogens (tertiary/aromatic N) is 2. The molecule has 1 aromatic rings. The number of imidazole rings is 1. The highest BCUT2D eigenvalue weighted by atomic mass is 16.3. The van der Waals surface area contributed by atoms with Crippen molar-refractivity contribution in [3.63, 3.8) is 0 Å². The molecule has 3 nitrogen and oxygen atoms in total. The molecule has 0 fully saturated rings. The van der Waals surface area contributed by atoms with Crippen molar-refractivity contribution in [1.29, 1.82) is 0 Å². The van der Waals surface area contributed by atoms with E-state index in [1.54, 1.807) is 0 Å². The number of rotatable bonds is 18. The van der Waals surface area contributed by atoms with Gasteiger partial charge in [0.05, 0.1) is 18.5 Å². The summed E-state index contributed by atoms with van der Waals surface area (Å²) >= 11 is 0. The third kappa shape index (κ3) is 11.0. The van der Waals surface area contributed by atoms with Crippen LogP contribution in [-0.4, -0.2) is 20.8 Å². The standard InChI is InChI=1S/C23H44N2O/c1-3-5-6-7-8-9-10-11-12-13-14-15-16-18-22(23(26)17-4-2)25-20-19-24-21-25/h19-23,26H,3-18H2,1-2H3. The zero-order chi connectivity index (χ0) is 18.9. The third-order valence-corrected chi connectivity index (χ3v) is 5.54. The van der Waals surface area contributed by atoms with Gasteiger partial charge in [0.2, 0.25) is 0 Å². The smallest absolute Gasteiger partial charge is 0.0949 e. The summed E-state index contributed by atoms with van der Waals surface area (Å²) < 4.78 is 2.10. The van der Waals surface area contributed by atoms with Gasteiger partial charge in [0.1, 0.15) is 0 Å². The zero-order valence-corrected chi connectivity index (χ0v) is 17.5. The Morgan fingerprint density at radius 3 is 1.73 bits per heavy atom. The molecule has 1 aromatic heterocycles. The monoisotopic (exact) mass is 364 g/mol. The average molecular weight is 365 g/mol. The van der Waals surface area contributed by atoms with Crippen molar-refractivity contribution in [3.8, 4) is 0 Å². The molecular formula is C23H44N2O. The summed E-state index contributed by atoms with van der Waals surface area (Å²) in [6.45, 7) is 4.42. The van der Waals surface area contributed by atoms with E-state index >= 15 is 0 Å². The van der Waals surface area contributed by atoms with Gasteiger partial charge in [-0.05, 0) is 12.8 Å². The van der Waals surface area contributed by atoms with E-state index in [2.05, 4.69) is 23.4 Å². The van der Waals surface area contributed by atoms with Crippen molar-refractivity contribution in [2.45, 2.75) is 129 Å². The molecule has 0 aliphatic carbocycles. The molecule has 0 spiro atoms. The van der Waals surface area contributed by atoms with Gasteiger partial charge in [-0.2, -0.15) is 0 Å². The van der Waals surface area contributed by atoms with Crippen LogP contribution in [0.15, 0.2) is 18.7 Å². The molecule has 3 heteroatoms. The Labute approximate surface area is 162 Å². The maximum Gasteiger partial charge on any atom is 0.0949 e. The minimum atomic E-state index is -0.244. The highest BCUT2D eigenvalue weighted by molar-refractivity contribution is 4.84. The van der Waals surface area contributed by atoms with Crippen LogP contribution < -0.4 is 0 Å². The molecule has 0 aliphatic heterocycles. The molecule has 0 radical (unpaired) electrons. The molecule has 0 aliphatic rings. The molecule has 1 rings (SSSR count). The first-order valence-electron chi connectivity index (χ1n) is 11.4. The highest BCUT2D eigenvalue weighted by Gasteiger charge is 2.19. The van der Waals surface area contributed by atoms with Crippen molar-refractivity contribution in [2.24, 2.45) is 0 Å². The van der Waals surface area contributed by atoms with E-state index in [0.717, 1.165) is 19.3 Å². The average Bonchev–Trinajstić information content (AvgIpc) is 3.16. The lowest BCUT2D eigenvalue weighted by atomic mass is 9.98. The Balaban J connectivity index is 1.99. The van der Waals surface area contributed by atoms with E-state index in [4.69, 9.17) is 0 Å². The SMILES string of the molecule is CCCCCCCCCCCCCCCC(C(O)CCC)n1ccnc1. The summed E-state index contributed by atoms with van der Waals surface area (Å²) in [5.74, 6) is 0. The van der Waals surface area contributed by atoms with Crippen LogP contribution in [0.1, 0.15) is 123 Å². The lowest BCUT2D eigenvalue weighted by Crippen LogP contribution is -2.23. The lowest BCUT2D eigenvalue weighted by Gasteiger charge is -2.24.